The summed E-state index contributed by atoms with van der Waals surface area (Å²) in [7, 11) is 0. The molecule has 22 heavy (non-hydrogen) atoms. The van der Waals surface area contributed by atoms with Crippen LogP contribution in [0.1, 0.15) is 37.3 Å². The Hall–Kier alpha value is -1.71. The zero-order valence-electron chi connectivity index (χ0n) is 13.0. The maximum absolute atomic E-state index is 11.5. The molecule has 3 heteroatoms. The van der Waals surface area contributed by atoms with E-state index in [0.29, 0.717) is 12.3 Å². The van der Waals surface area contributed by atoms with Crippen LogP contribution in [-0.4, -0.2) is 10.1 Å². The highest BCUT2D eigenvalue weighted by Gasteiger charge is 2.34. The van der Waals surface area contributed by atoms with Gasteiger partial charge in [0.25, 0.3) is 0 Å². The van der Waals surface area contributed by atoms with Crippen LogP contribution in [0.5, 0.6) is 0 Å². The van der Waals surface area contributed by atoms with Crippen LogP contribution in [0.4, 0.5) is 0 Å². The Bertz CT molecular complexity index is 717. The van der Waals surface area contributed by atoms with Gasteiger partial charge in [0.1, 0.15) is 10.6 Å². The van der Waals surface area contributed by atoms with Gasteiger partial charge in [-0.05, 0) is 36.5 Å². The zero-order valence-corrected chi connectivity index (χ0v) is 13.8. The molecule has 1 heterocycles. The Balaban J connectivity index is 2.08. The van der Waals surface area contributed by atoms with Crippen LogP contribution < -0.4 is 0 Å². The number of nitrogens with zero attached hydrogens (tertiary/aromatic N) is 1. The zero-order chi connectivity index (χ0) is 15.6. The van der Waals surface area contributed by atoms with Gasteiger partial charge in [-0.25, -0.2) is 4.98 Å². The lowest BCUT2D eigenvalue weighted by Gasteiger charge is -2.27. The molecule has 0 bridgehead atoms. The Kier molecular flexibility index (Phi) is 4.27. The van der Waals surface area contributed by atoms with Gasteiger partial charge in [0, 0.05) is 0 Å². The van der Waals surface area contributed by atoms with Gasteiger partial charge in [-0.2, -0.15) is 0 Å². The second-order valence-corrected chi connectivity index (χ2v) is 7.18. The second-order valence-electron chi connectivity index (χ2n) is 6.15. The fourth-order valence-corrected chi connectivity index (χ4v) is 3.74. The van der Waals surface area contributed by atoms with Crippen LogP contribution in [0.3, 0.4) is 0 Å². The second kappa shape index (κ2) is 6.19. The summed E-state index contributed by atoms with van der Waals surface area (Å²) in [4.78, 5) is 4.71. The van der Waals surface area contributed by atoms with Crippen molar-refractivity contribution in [2.24, 2.45) is 5.92 Å². The number of hydrogen-bond donors (Lipinski definition) is 1. The summed E-state index contributed by atoms with van der Waals surface area (Å²) < 4.78 is 1.12. The minimum atomic E-state index is -1.00. The third-order valence-corrected chi connectivity index (χ3v) is 5.17. The standard InChI is InChI=1S/C19H21NOS/c1-14(2)12-13-19(21,15-8-4-3-5-9-15)18-20-16-10-6-7-11-17(16)22-18/h3-11,14,21H,12-13H2,1-2H3. The predicted octanol–water partition coefficient (Wildman–Crippen LogP) is 4.97. The normalized spacial score (nSPS) is 14.4. The Morgan fingerprint density at radius 1 is 1.05 bits per heavy atom. The predicted molar refractivity (Wildman–Crippen MR) is 93.1 cm³/mol. The molecule has 0 spiro atoms. The van der Waals surface area contributed by atoms with E-state index in [9.17, 15) is 5.11 Å². The average molecular weight is 311 g/mol. The van der Waals surface area contributed by atoms with Gasteiger partial charge < -0.3 is 5.11 Å². The first kappa shape index (κ1) is 15.2. The molecule has 1 N–H and O–H groups in total. The first-order chi connectivity index (χ1) is 10.6. The molecule has 0 aliphatic rings. The third kappa shape index (κ3) is 2.92. The summed E-state index contributed by atoms with van der Waals surface area (Å²) in [6.07, 6.45) is 1.65. The largest absolute Gasteiger partial charge is 0.378 e. The molecule has 2 nitrogen and oxygen atoms in total. The highest BCUT2D eigenvalue weighted by Crippen LogP contribution is 2.39. The molecule has 1 aromatic heterocycles. The van der Waals surface area contributed by atoms with Gasteiger partial charge in [-0.15, -0.1) is 11.3 Å². The number of hydrogen-bond acceptors (Lipinski definition) is 3. The van der Waals surface area contributed by atoms with Crippen molar-refractivity contribution in [2.75, 3.05) is 0 Å². The molecule has 1 unspecified atom stereocenters. The van der Waals surface area contributed by atoms with E-state index < -0.39 is 5.60 Å². The van der Waals surface area contributed by atoms with Crippen molar-refractivity contribution in [3.8, 4) is 0 Å². The van der Waals surface area contributed by atoms with E-state index in [4.69, 9.17) is 4.98 Å². The van der Waals surface area contributed by atoms with Crippen LogP contribution in [-0.2, 0) is 5.60 Å². The smallest absolute Gasteiger partial charge is 0.141 e. The molecule has 0 amide bonds. The lowest BCUT2D eigenvalue weighted by atomic mass is 9.87. The number of aliphatic hydroxyl groups is 1. The molecule has 0 aliphatic carbocycles. The molecule has 3 aromatic rings. The quantitative estimate of drug-likeness (QED) is 0.721. The molecule has 0 saturated carbocycles. The Morgan fingerprint density at radius 2 is 1.73 bits per heavy atom. The van der Waals surface area contributed by atoms with Crippen LogP contribution >= 0.6 is 11.3 Å². The van der Waals surface area contributed by atoms with E-state index in [1.54, 1.807) is 11.3 Å². The molecule has 3 rings (SSSR count). The minimum Gasteiger partial charge on any atom is -0.378 e. The maximum Gasteiger partial charge on any atom is 0.141 e. The van der Waals surface area contributed by atoms with Gasteiger partial charge >= 0.3 is 0 Å². The number of para-hydroxylation sites is 1. The molecule has 0 radical (unpaired) electrons. The lowest BCUT2D eigenvalue weighted by Crippen LogP contribution is -2.27. The third-order valence-electron chi connectivity index (χ3n) is 3.98. The SMILES string of the molecule is CC(C)CCC(O)(c1ccccc1)c1nc2ccccc2s1. The van der Waals surface area contributed by atoms with Crippen LogP contribution in [0.15, 0.2) is 54.6 Å². The van der Waals surface area contributed by atoms with Crippen molar-refractivity contribution < 1.29 is 5.11 Å². The highest BCUT2D eigenvalue weighted by molar-refractivity contribution is 7.18. The number of aromatic nitrogens is 1. The van der Waals surface area contributed by atoms with Gasteiger partial charge in [0.2, 0.25) is 0 Å². The van der Waals surface area contributed by atoms with E-state index in [1.165, 1.54) is 0 Å². The molecular weight excluding hydrogens is 290 g/mol. The van der Waals surface area contributed by atoms with Crippen LogP contribution in [0.2, 0.25) is 0 Å². The topological polar surface area (TPSA) is 33.1 Å². The summed E-state index contributed by atoms with van der Waals surface area (Å²) in [5.74, 6) is 0.546. The number of benzene rings is 2. The summed E-state index contributed by atoms with van der Waals surface area (Å²) in [5, 5.41) is 12.2. The van der Waals surface area contributed by atoms with Gasteiger partial charge in [0.05, 0.1) is 10.2 Å². The van der Waals surface area contributed by atoms with E-state index in [2.05, 4.69) is 19.9 Å². The fraction of sp³-hybridized carbons (Fsp3) is 0.316. The highest BCUT2D eigenvalue weighted by atomic mass is 32.1. The summed E-state index contributed by atoms with van der Waals surface area (Å²) in [6, 6.07) is 18.0. The van der Waals surface area contributed by atoms with Crippen molar-refractivity contribution in [1.82, 2.24) is 4.98 Å². The van der Waals surface area contributed by atoms with Gasteiger partial charge in [-0.1, -0.05) is 56.3 Å². The average Bonchev–Trinajstić information content (AvgIpc) is 2.98. The molecule has 2 aromatic carbocycles. The fourth-order valence-electron chi connectivity index (χ4n) is 2.64. The van der Waals surface area contributed by atoms with Crippen molar-refractivity contribution in [3.63, 3.8) is 0 Å². The number of fused-ring (bicyclic) bond motifs is 1. The minimum absolute atomic E-state index is 0.546. The summed E-state index contributed by atoms with van der Waals surface area (Å²) in [5.41, 5.74) is 0.881. The van der Waals surface area contributed by atoms with Crippen LogP contribution in [0, 0.1) is 5.92 Å². The van der Waals surface area contributed by atoms with Gasteiger partial charge in [0.15, 0.2) is 0 Å². The molecule has 0 saturated heterocycles. The van der Waals surface area contributed by atoms with Crippen molar-refractivity contribution in [2.45, 2.75) is 32.3 Å². The molecule has 1 atom stereocenters. The number of rotatable bonds is 5. The Labute approximate surface area is 135 Å². The first-order valence-electron chi connectivity index (χ1n) is 7.73. The Morgan fingerprint density at radius 3 is 2.41 bits per heavy atom. The lowest BCUT2D eigenvalue weighted by molar-refractivity contribution is 0.0648. The summed E-state index contributed by atoms with van der Waals surface area (Å²) in [6.45, 7) is 4.37. The number of thiazole rings is 1. The van der Waals surface area contributed by atoms with Gasteiger partial charge in [-0.3, -0.25) is 0 Å². The van der Waals surface area contributed by atoms with Crippen molar-refractivity contribution in [1.29, 1.82) is 0 Å². The van der Waals surface area contributed by atoms with E-state index in [1.807, 2.05) is 48.5 Å². The van der Waals surface area contributed by atoms with Crippen molar-refractivity contribution >= 4 is 21.6 Å². The monoisotopic (exact) mass is 311 g/mol. The van der Waals surface area contributed by atoms with E-state index in [-0.39, 0.29) is 0 Å². The molecular formula is C19H21NOS. The van der Waals surface area contributed by atoms with Crippen molar-refractivity contribution in [3.05, 3.63) is 65.2 Å². The molecule has 0 fully saturated rings. The molecule has 114 valence electrons. The van der Waals surface area contributed by atoms with E-state index >= 15 is 0 Å². The maximum atomic E-state index is 11.5. The van der Waals surface area contributed by atoms with Crippen LogP contribution in [0.25, 0.3) is 10.2 Å². The van der Waals surface area contributed by atoms with E-state index in [0.717, 1.165) is 27.2 Å². The first-order valence-corrected chi connectivity index (χ1v) is 8.55. The molecule has 0 aliphatic heterocycles. The summed E-state index contributed by atoms with van der Waals surface area (Å²) >= 11 is 1.59.